The van der Waals surface area contributed by atoms with Crippen molar-refractivity contribution in [3.8, 4) is 0 Å². The van der Waals surface area contributed by atoms with Gasteiger partial charge in [0.2, 0.25) is 5.28 Å². The quantitative estimate of drug-likeness (QED) is 0.719. The second-order valence-corrected chi connectivity index (χ2v) is 10.4. The summed E-state index contributed by atoms with van der Waals surface area (Å²) in [7, 11) is 0. The van der Waals surface area contributed by atoms with E-state index in [0.29, 0.717) is 13.2 Å². The van der Waals surface area contributed by atoms with Crippen molar-refractivity contribution in [2.45, 2.75) is 65.6 Å². The third kappa shape index (κ3) is 5.66. The fourth-order valence-corrected chi connectivity index (χ4v) is 4.01. The average molecular weight is 440 g/mol. The first-order valence-corrected chi connectivity index (χ1v) is 10.9. The molecule has 1 N–H and O–H groups in total. The van der Waals surface area contributed by atoms with Gasteiger partial charge < -0.3 is 24.6 Å². The highest BCUT2D eigenvalue weighted by molar-refractivity contribution is 6.28. The first-order valence-electron chi connectivity index (χ1n) is 10.6. The number of carbonyl (C=O) groups is 1. The second-order valence-electron chi connectivity index (χ2n) is 10.1. The van der Waals surface area contributed by atoms with Crippen molar-refractivity contribution in [2.75, 3.05) is 42.6 Å². The van der Waals surface area contributed by atoms with Gasteiger partial charge in [-0.1, -0.05) is 20.8 Å². The van der Waals surface area contributed by atoms with Gasteiger partial charge in [0.25, 0.3) is 0 Å². The maximum Gasteiger partial charge on any atom is 0.407 e. The van der Waals surface area contributed by atoms with Crippen LogP contribution in [0.25, 0.3) is 0 Å². The van der Waals surface area contributed by atoms with Crippen LogP contribution in [0.2, 0.25) is 5.28 Å². The summed E-state index contributed by atoms with van der Waals surface area (Å²) in [5.41, 5.74) is 0.327. The standard InChI is InChI=1S/C21H34ClN5O3/c1-20(2,3)16(24-19(28)30-21(4,5)6)7-8-26-12-14-13-29-10-9-27(14)17-15(26)11-23-18(22)25-17/h11,14,16H,7-10,12-13H2,1-6H3,(H,24,28). The molecule has 8 nitrogen and oxygen atoms in total. The van der Waals surface area contributed by atoms with E-state index >= 15 is 0 Å². The van der Waals surface area contributed by atoms with Crippen molar-refractivity contribution in [2.24, 2.45) is 5.41 Å². The number of nitrogens with one attached hydrogen (secondary N) is 1. The minimum absolute atomic E-state index is 0.0512. The Labute approximate surface area is 184 Å². The van der Waals surface area contributed by atoms with Gasteiger partial charge >= 0.3 is 6.09 Å². The number of halogens is 1. The Kier molecular flexibility index (Phi) is 6.67. The van der Waals surface area contributed by atoms with E-state index in [1.165, 1.54) is 0 Å². The Balaban J connectivity index is 1.74. The van der Waals surface area contributed by atoms with Crippen molar-refractivity contribution < 1.29 is 14.3 Å². The van der Waals surface area contributed by atoms with Crippen molar-refractivity contribution in [1.82, 2.24) is 15.3 Å². The van der Waals surface area contributed by atoms with Gasteiger partial charge in [0.15, 0.2) is 5.82 Å². The number of fused-ring (bicyclic) bond motifs is 3. The van der Waals surface area contributed by atoms with Gasteiger partial charge in [0.1, 0.15) is 5.60 Å². The van der Waals surface area contributed by atoms with Crippen LogP contribution in [-0.2, 0) is 9.47 Å². The van der Waals surface area contributed by atoms with Gasteiger partial charge in [-0.3, -0.25) is 0 Å². The first kappa shape index (κ1) is 22.9. The molecule has 3 heterocycles. The number of morpholine rings is 1. The Morgan fingerprint density at radius 2 is 2.10 bits per heavy atom. The molecule has 1 saturated heterocycles. The van der Waals surface area contributed by atoms with Crippen molar-refractivity contribution in [1.29, 1.82) is 0 Å². The van der Waals surface area contributed by atoms with Crippen LogP contribution < -0.4 is 15.1 Å². The zero-order valence-corrected chi connectivity index (χ0v) is 19.6. The Hall–Kier alpha value is -1.80. The number of ether oxygens (including phenoxy) is 2. The van der Waals surface area contributed by atoms with Gasteiger partial charge in [-0.05, 0) is 44.2 Å². The molecule has 0 saturated carbocycles. The third-order valence-electron chi connectivity index (χ3n) is 5.42. The molecule has 0 radical (unpaired) electrons. The molecule has 0 bridgehead atoms. The molecular formula is C21H34ClN5O3. The van der Waals surface area contributed by atoms with Crippen molar-refractivity contribution in [3.05, 3.63) is 11.5 Å². The fourth-order valence-electron chi connectivity index (χ4n) is 3.89. The molecule has 2 atom stereocenters. The number of nitrogens with zero attached hydrogens (tertiary/aromatic N) is 4. The molecule has 0 aliphatic carbocycles. The molecule has 2 unspecified atom stereocenters. The summed E-state index contributed by atoms with van der Waals surface area (Å²) in [6.45, 7) is 15.7. The predicted molar refractivity (Wildman–Crippen MR) is 118 cm³/mol. The molecule has 168 valence electrons. The number of rotatable bonds is 4. The molecule has 1 aromatic rings. The molecule has 0 spiro atoms. The van der Waals surface area contributed by atoms with Crippen LogP contribution in [0.4, 0.5) is 16.3 Å². The zero-order chi connectivity index (χ0) is 22.1. The molecule has 1 fully saturated rings. The summed E-state index contributed by atoms with van der Waals surface area (Å²) in [6, 6.07) is 0.175. The molecular weight excluding hydrogens is 406 g/mol. The molecule has 9 heteroatoms. The predicted octanol–water partition coefficient (Wildman–Crippen LogP) is 3.48. The normalized spacial score (nSPS) is 20.3. The van der Waals surface area contributed by atoms with Crippen LogP contribution >= 0.6 is 11.6 Å². The van der Waals surface area contributed by atoms with E-state index in [1.54, 1.807) is 6.20 Å². The fraction of sp³-hybridized carbons (Fsp3) is 0.762. The van der Waals surface area contributed by atoms with E-state index in [-0.39, 0.29) is 28.9 Å². The zero-order valence-electron chi connectivity index (χ0n) is 18.9. The summed E-state index contributed by atoms with van der Waals surface area (Å²) in [5, 5.41) is 3.32. The number of carbonyl (C=O) groups excluding carboxylic acids is 1. The molecule has 0 aromatic carbocycles. The summed E-state index contributed by atoms with van der Waals surface area (Å²) < 4.78 is 11.2. The molecule has 3 rings (SSSR count). The Bertz CT molecular complexity index is 762. The summed E-state index contributed by atoms with van der Waals surface area (Å²) in [4.78, 5) is 25.6. The SMILES string of the molecule is CC(C)(C)OC(=O)NC(CCN1CC2COCCN2c2nc(Cl)ncc21)C(C)(C)C. The number of amides is 1. The molecule has 1 aromatic heterocycles. The van der Waals surface area contributed by atoms with E-state index in [4.69, 9.17) is 21.1 Å². The Morgan fingerprint density at radius 1 is 1.37 bits per heavy atom. The number of hydrogen-bond acceptors (Lipinski definition) is 7. The largest absolute Gasteiger partial charge is 0.444 e. The lowest BCUT2D eigenvalue weighted by molar-refractivity contribution is 0.0460. The monoisotopic (exact) mass is 439 g/mol. The highest BCUT2D eigenvalue weighted by Crippen LogP contribution is 2.35. The highest BCUT2D eigenvalue weighted by Gasteiger charge is 2.36. The Morgan fingerprint density at radius 3 is 2.77 bits per heavy atom. The molecule has 1 amide bonds. The van der Waals surface area contributed by atoms with E-state index in [9.17, 15) is 4.79 Å². The second kappa shape index (κ2) is 8.75. The number of hydrogen-bond donors (Lipinski definition) is 1. The smallest absolute Gasteiger partial charge is 0.407 e. The summed E-state index contributed by atoms with van der Waals surface area (Å²) in [5.74, 6) is 0.863. The van der Waals surface area contributed by atoms with Crippen LogP contribution in [0.3, 0.4) is 0 Å². The van der Waals surface area contributed by atoms with E-state index in [1.807, 2.05) is 20.8 Å². The summed E-state index contributed by atoms with van der Waals surface area (Å²) >= 11 is 6.09. The van der Waals surface area contributed by atoms with E-state index in [2.05, 4.69) is 45.9 Å². The van der Waals surface area contributed by atoms with Gasteiger partial charge in [0.05, 0.1) is 31.1 Å². The minimum atomic E-state index is -0.528. The van der Waals surface area contributed by atoms with Crippen LogP contribution in [-0.4, -0.2) is 66.6 Å². The van der Waals surface area contributed by atoms with Crippen molar-refractivity contribution in [3.63, 3.8) is 0 Å². The lowest BCUT2D eigenvalue weighted by Gasteiger charge is -2.46. The van der Waals surface area contributed by atoms with Crippen LogP contribution in [0.1, 0.15) is 48.0 Å². The molecule has 30 heavy (non-hydrogen) atoms. The van der Waals surface area contributed by atoms with Gasteiger partial charge in [0, 0.05) is 25.7 Å². The lowest BCUT2D eigenvalue weighted by Crippen LogP contribution is -2.56. The minimum Gasteiger partial charge on any atom is -0.444 e. The molecule has 2 aliphatic rings. The number of anilines is 2. The number of aromatic nitrogens is 2. The topological polar surface area (TPSA) is 79.8 Å². The van der Waals surface area contributed by atoms with E-state index < -0.39 is 5.60 Å². The third-order valence-corrected chi connectivity index (χ3v) is 5.60. The maximum atomic E-state index is 12.4. The van der Waals surface area contributed by atoms with E-state index in [0.717, 1.165) is 37.6 Å². The van der Waals surface area contributed by atoms with Gasteiger partial charge in [-0.15, -0.1) is 0 Å². The van der Waals surface area contributed by atoms with Gasteiger partial charge in [-0.2, -0.15) is 4.98 Å². The first-order chi connectivity index (χ1) is 13.9. The molecule has 2 aliphatic heterocycles. The van der Waals surface area contributed by atoms with Gasteiger partial charge in [-0.25, -0.2) is 9.78 Å². The summed E-state index contributed by atoms with van der Waals surface area (Å²) in [6.07, 6.45) is 2.17. The van der Waals surface area contributed by atoms with Crippen LogP contribution in [0.15, 0.2) is 6.20 Å². The maximum absolute atomic E-state index is 12.4. The lowest BCUT2D eigenvalue weighted by atomic mass is 9.84. The number of alkyl carbamates (subject to hydrolysis) is 1. The van der Waals surface area contributed by atoms with Crippen LogP contribution in [0.5, 0.6) is 0 Å². The van der Waals surface area contributed by atoms with Crippen LogP contribution in [0, 0.1) is 5.41 Å². The average Bonchev–Trinajstić information content (AvgIpc) is 2.62. The highest BCUT2D eigenvalue weighted by atomic mass is 35.5. The van der Waals surface area contributed by atoms with Crippen molar-refractivity contribution >= 4 is 29.2 Å².